The molecule has 1 aromatic heterocycles. The van der Waals surface area contributed by atoms with Crippen molar-refractivity contribution < 1.29 is 19.4 Å². The number of hydrogen-bond acceptors (Lipinski definition) is 3. The van der Waals surface area contributed by atoms with Crippen LogP contribution in [0.25, 0.3) is 0 Å². The van der Waals surface area contributed by atoms with Gasteiger partial charge in [-0.1, -0.05) is 30.3 Å². The summed E-state index contributed by atoms with van der Waals surface area (Å²) < 4.78 is 5.44. The molecule has 6 nitrogen and oxygen atoms in total. The topological polar surface area (TPSA) is 91.4 Å². The molecule has 2 heterocycles. The van der Waals surface area contributed by atoms with E-state index in [2.05, 4.69) is 10.3 Å². The van der Waals surface area contributed by atoms with Gasteiger partial charge in [0.25, 0.3) is 5.91 Å². The fourth-order valence-corrected chi connectivity index (χ4v) is 3.10. The summed E-state index contributed by atoms with van der Waals surface area (Å²) in [5, 5.41) is 11.8. The quantitative estimate of drug-likeness (QED) is 0.751. The van der Waals surface area contributed by atoms with Crippen LogP contribution in [0.5, 0.6) is 0 Å². The molecule has 1 aromatic carbocycles. The van der Waals surface area contributed by atoms with Gasteiger partial charge in [-0.05, 0) is 30.5 Å². The highest BCUT2D eigenvalue weighted by molar-refractivity contribution is 5.92. The normalized spacial score (nSPS) is 20.2. The number of H-pyrrole nitrogens is 1. The van der Waals surface area contributed by atoms with Gasteiger partial charge in [-0.2, -0.15) is 0 Å². The van der Waals surface area contributed by atoms with Crippen LogP contribution < -0.4 is 5.32 Å². The summed E-state index contributed by atoms with van der Waals surface area (Å²) in [6, 6.07) is 13.7. The fourth-order valence-electron chi connectivity index (χ4n) is 3.10. The third-order valence-electron chi connectivity index (χ3n) is 4.33. The number of amides is 1. The van der Waals surface area contributed by atoms with E-state index in [1.54, 1.807) is 6.07 Å². The largest absolute Gasteiger partial charge is 0.481 e. The minimum atomic E-state index is -0.883. The van der Waals surface area contributed by atoms with Gasteiger partial charge in [0.05, 0.1) is 12.5 Å². The van der Waals surface area contributed by atoms with Gasteiger partial charge in [0.1, 0.15) is 5.69 Å². The molecule has 1 fully saturated rings. The van der Waals surface area contributed by atoms with Crippen LogP contribution in [0.2, 0.25) is 0 Å². The van der Waals surface area contributed by atoms with Crippen molar-refractivity contribution in [3.63, 3.8) is 0 Å². The highest BCUT2D eigenvalue weighted by atomic mass is 16.5. The Balaban J connectivity index is 1.55. The molecule has 3 rings (SSSR count). The van der Waals surface area contributed by atoms with Gasteiger partial charge < -0.3 is 20.1 Å². The van der Waals surface area contributed by atoms with E-state index in [-0.39, 0.29) is 24.5 Å². The van der Waals surface area contributed by atoms with Crippen molar-refractivity contribution in [1.29, 1.82) is 0 Å². The molecule has 2 unspecified atom stereocenters. The second-order valence-corrected chi connectivity index (χ2v) is 6.35. The molecular formula is C19H22N2O4. The summed E-state index contributed by atoms with van der Waals surface area (Å²) in [4.78, 5) is 26.4. The van der Waals surface area contributed by atoms with Crippen LogP contribution in [0.15, 0.2) is 42.5 Å². The van der Waals surface area contributed by atoms with Crippen molar-refractivity contribution in [2.75, 3.05) is 6.61 Å². The molecule has 25 heavy (non-hydrogen) atoms. The van der Waals surface area contributed by atoms with Crippen LogP contribution in [0.4, 0.5) is 0 Å². The molecule has 0 aliphatic carbocycles. The molecule has 1 saturated heterocycles. The monoisotopic (exact) mass is 342 g/mol. The summed E-state index contributed by atoms with van der Waals surface area (Å²) in [7, 11) is 0. The molecule has 1 aliphatic heterocycles. The SMILES string of the molecule is O=C(O)CC1CC(NC(=O)c2ccc(Cc3ccccc3)[nH]2)CCO1. The van der Waals surface area contributed by atoms with Crippen molar-refractivity contribution in [3.8, 4) is 0 Å². The number of aromatic amines is 1. The van der Waals surface area contributed by atoms with Crippen molar-refractivity contribution in [3.05, 3.63) is 59.4 Å². The number of nitrogens with one attached hydrogen (secondary N) is 2. The molecule has 132 valence electrons. The van der Waals surface area contributed by atoms with Gasteiger partial charge in [0, 0.05) is 24.8 Å². The highest BCUT2D eigenvalue weighted by Gasteiger charge is 2.26. The lowest BCUT2D eigenvalue weighted by Crippen LogP contribution is -2.42. The average molecular weight is 342 g/mol. The van der Waals surface area contributed by atoms with Gasteiger partial charge >= 0.3 is 5.97 Å². The molecule has 3 N–H and O–H groups in total. The second kappa shape index (κ2) is 7.98. The van der Waals surface area contributed by atoms with E-state index in [9.17, 15) is 9.59 Å². The molecular weight excluding hydrogens is 320 g/mol. The second-order valence-electron chi connectivity index (χ2n) is 6.35. The number of carbonyl (C=O) groups excluding carboxylic acids is 1. The van der Waals surface area contributed by atoms with Gasteiger partial charge in [0.2, 0.25) is 0 Å². The number of hydrogen-bond donors (Lipinski definition) is 3. The van der Waals surface area contributed by atoms with Gasteiger partial charge in [-0.3, -0.25) is 9.59 Å². The number of aliphatic carboxylic acids is 1. The predicted octanol–water partition coefficient (Wildman–Crippen LogP) is 2.36. The van der Waals surface area contributed by atoms with Crippen LogP contribution >= 0.6 is 0 Å². The maximum Gasteiger partial charge on any atom is 0.305 e. The Hall–Kier alpha value is -2.60. The average Bonchev–Trinajstić information content (AvgIpc) is 3.04. The summed E-state index contributed by atoms with van der Waals surface area (Å²) in [5.41, 5.74) is 2.68. The van der Waals surface area contributed by atoms with E-state index in [0.29, 0.717) is 25.1 Å². The van der Waals surface area contributed by atoms with Gasteiger partial charge in [-0.25, -0.2) is 0 Å². The van der Waals surface area contributed by atoms with Crippen molar-refractivity contribution in [2.45, 2.75) is 37.8 Å². The zero-order valence-electron chi connectivity index (χ0n) is 13.9. The zero-order valence-corrected chi connectivity index (χ0v) is 13.9. The lowest BCUT2D eigenvalue weighted by Gasteiger charge is -2.29. The van der Waals surface area contributed by atoms with Crippen LogP contribution in [-0.2, 0) is 16.0 Å². The Labute approximate surface area is 146 Å². The van der Waals surface area contributed by atoms with E-state index in [0.717, 1.165) is 12.1 Å². The smallest absolute Gasteiger partial charge is 0.305 e. The van der Waals surface area contributed by atoms with E-state index in [4.69, 9.17) is 9.84 Å². The summed E-state index contributed by atoms with van der Waals surface area (Å²) in [6.07, 6.45) is 1.59. The van der Waals surface area contributed by atoms with E-state index in [1.165, 1.54) is 5.56 Å². The molecule has 0 spiro atoms. The molecule has 2 aromatic rings. The Morgan fingerprint density at radius 3 is 2.76 bits per heavy atom. The number of carboxylic acid groups (broad SMARTS) is 1. The van der Waals surface area contributed by atoms with Gasteiger partial charge in [-0.15, -0.1) is 0 Å². The van der Waals surface area contributed by atoms with Crippen LogP contribution in [-0.4, -0.2) is 40.7 Å². The first-order valence-corrected chi connectivity index (χ1v) is 8.46. The molecule has 1 aliphatic rings. The number of rotatable bonds is 6. The van der Waals surface area contributed by atoms with E-state index < -0.39 is 5.97 Å². The zero-order chi connectivity index (χ0) is 17.6. The summed E-state index contributed by atoms with van der Waals surface area (Å²) in [6.45, 7) is 0.465. The molecule has 6 heteroatoms. The number of carbonyl (C=O) groups is 2. The van der Waals surface area contributed by atoms with Crippen molar-refractivity contribution in [2.24, 2.45) is 0 Å². The Bertz CT molecular complexity index is 726. The van der Waals surface area contributed by atoms with Crippen LogP contribution in [0.1, 0.15) is 41.0 Å². The molecule has 2 atom stereocenters. The number of carboxylic acids is 1. The fraction of sp³-hybridized carbons (Fsp3) is 0.368. The lowest BCUT2D eigenvalue weighted by atomic mass is 10.0. The number of aromatic nitrogens is 1. The standard InChI is InChI=1S/C19H22N2O4/c22-18(23)12-16-11-15(8-9-25-16)21-19(24)17-7-6-14(20-17)10-13-4-2-1-3-5-13/h1-7,15-16,20H,8-12H2,(H,21,24)(H,22,23). The predicted molar refractivity (Wildman–Crippen MR) is 92.5 cm³/mol. The van der Waals surface area contributed by atoms with Crippen molar-refractivity contribution in [1.82, 2.24) is 10.3 Å². The molecule has 1 amide bonds. The summed E-state index contributed by atoms with van der Waals surface area (Å²) >= 11 is 0. The maximum atomic E-state index is 12.4. The minimum Gasteiger partial charge on any atom is -0.481 e. The maximum absolute atomic E-state index is 12.4. The third-order valence-corrected chi connectivity index (χ3v) is 4.33. The lowest BCUT2D eigenvalue weighted by molar-refractivity contribution is -0.141. The minimum absolute atomic E-state index is 0.0317. The highest BCUT2D eigenvalue weighted by Crippen LogP contribution is 2.17. The first kappa shape index (κ1) is 17.2. The van der Waals surface area contributed by atoms with Gasteiger partial charge in [0.15, 0.2) is 0 Å². The number of ether oxygens (including phenoxy) is 1. The number of benzene rings is 1. The first-order chi connectivity index (χ1) is 12.1. The molecule has 0 saturated carbocycles. The Morgan fingerprint density at radius 1 is 1.20 bits per heavy atom. The Kier molecular flexibility index (Phi) is 5.50. The Morgan fingerprint density at radius 2 is 2.00 bits per heavy atom. The van der Waals surface area contributed by atoms with E-state index in [1.807, 2.05) is 36.4 Å². The van der Waals surface area contributed by atoms with Crippen LogP contribution in [0.3, 0.4) is 0 Å². The molecule has 0 radical (unpaired) electrons. The van der Waals surface area contributed by atoms with Crippen molar-refractivity contribution >= 4 is 11.9 Å². The summed E-state index contributed by atoms with van der Waals surface area (Å²) in [5.74, 6) is -1.05. The third kappa shape index (κ3) is 4.93. The van der Waals surface area contributed by atoms with E-state index >= 15 is 0 Å². The first-order valence-electron chi connectivity index (χ1n) is 8.46. The van der Waals surface area contributed by atoms with Crippen LogP contribution in [0, 0.1) is 0 Å². The molecule has 0 bridgehead atoms.